The lowest BCUT2D eigenvalue weighted by molar-refractivity contribution is -0.355. The van der Waals surface area contributed by atoms with Gasteiger partial charge in [0.15, 0.2) is 12.6 Å². The van der Waals surface area contributed by atoms with Crippen LogP contribution in [0, 0.1) is 0 Å². The van der Waals surface area contributed by atoms with Gasteiger partial charge in [0.1, 0.15) is 48.8 Å². The summed E-state index contributed by atoms with van der Waals surface area (Å²) in [6, 6.07) is 0. The van der Waals surface area contributed by atoms with Gasteiger partial charge in [0.25, 0.3) is 0 Å². The number of rotatable bonds is 4. The van der Waals surface area contributed by atoms with E-state index >= 15 is 0 Å². The van der Waals surface area contributed by atoms with E-state index in [0.717, 1.165) is 0 Å². The fourth-order valence-electron chi connectivity index (χ4n) is 2.57. The van der Waals surface area contributed by atoms with Crippen molar-refractivity contribution in [3.05, 3.63) is 0 Å². The van der Waals surface area contributed by atoms with Gasteiger partial charge in [-0.05, 0) is 0 Å². The average molecular weight is 342 g/mol. The molecule has 0 bridgehead atoms. The van der Waals surface area contributed by atoms with E-state index in [0.29, 0.717) is 0 Å². The van der Waals surface area contributed by atoms with Crippen LogP contribution in [0.3, 0.4) is 0 Å². The Morgan fingerprint density at radius 1 is 0.652 bits per heavy atom. The first-order valence-corrected chi connectivity index (χ1v) is 7.08. The Bertz CT molecular complexity index is 378. The fourth-order valence-corrected chi connectivity index (χ4v) is 2.57. The maximum atomic E-state index is 9.94. The Balaban J connectivity index is 2.11. The van der Waals surface area contributed by atoms with Crippen molar-refractivity contribution in [2.45, 2.75) is 61.4 Å². The first kappa shape index (κ1) is 18.9. The highest BCUT2D eigenvalue weighted by Crippen LogP contribution is 2.28. The van der Waals surface area contributed by atoms with Crippen LogP contribution in [0.4, 0.5) is 0 Å². The van der Waals surface area contributed by atoms with Gasteiger partial charge in [-0.3, -0.25) is 0 Å². The van der Waals surface area contributed by atoms with Gasteiger partial charge in [-0.2, -0.15) is 0 Å². The third kappa shape index (κ3) is 3.65. The standard InChI is InChI=1S/C12H22O11/c13-1-3-5(15)6(16)9(19)12(22-3)23-10-4(2-14)21-11(20)8(18)7(10)17/h3-20H,1-2H2/t3-,4?,5+,6+,7?,8?,9-,10?,11?,12+/m1/s1. The number of aliphatic hydroxyl groups is 8. The van der Waals surface area contributed by atoms with Gasteiger partial charge >= 0.3 is 0 Å². The lowest BCUT2D eigenvalue weighted by Crippen LogP contribution is -2.64. The van der Waals surface area contributed by atoms with E-state index < -0.39 is 74.6 Å². The van der Waals surface area contributed by atoms with E-state index in [2.05, 4.69) is 0 Å². The summed E-state index contributed by atoms with van der Waals surface area (Å²) in [5, 5.41) is 76.5. The lowest BCUT2D eigenvalue weighted by Gasteiger charge is -2.45. The van der Waals surface area contributed by atoms with Gasteiger partial charge < -0.3 is 55.1 Å². The van der Waals surface area contributed by atoms with Crippen molar-refractivity contribution in [2.75, 3.05) is 13.2 Å². The molecule has 0 amide bonds. The zero-order valence-corrected chi connectivity index (χ0v) is 12.0. The highest BCUT2D eigenvalue weighted by atomic mass is 16.7. The van der Waals surface area contributed by atoms with Crippen LogP contribution in [0.15, 0.2) is 0 Å². The predicted octanol–water partition coefficient (Wildman–Crippen LogP) is -5.40. The third-order valence-electron chi connectivity index (χ3n) is 3.98. The maximum absolute atomic E-state index is 9.94. The monoisotopic (exact) mass is 342 g/mol. The van der Waals surface area contributed by atoms with Crippen molar-refractivity contribution in [3.8, 4) is 0 Å². The SMILES string of the molecule is OCC1OC(O)C(O)C(O)C1O[C@@H]1O[C@H](CO)[C@H](O)[C@H](O)[C@H]1O. The van der Waals surface area contributed by atoms with Crippen LogP contribution >= 0.6 is 0 Å². The first-order valence-electron chi connectivity index (χ1n) is 7.08. The van der Waals surface area contributed by atoms with Crippen molar-refractivity contribution in [3.63, 3.8) is 0 Å². The van der Waals surface area contributed by atoms with E-state index in [-0.39, 0.29) is 0 Å². The first-order chi connectivity index (χ1) is 10.8. The van der Waals surface area contributed by atoms with Crippen LogP contribution in [-0.4, -0.2) is 115 Å². The predicted molar refractivity (Wildman–Crippen MR) is 68.6 cm³/mol. The molecule has 0 spiro atoms. The molecule has 2 saturated heterocycles. The molecule has 2 fully saturated rings. The highest BCUT2D eigenvalue weighted by molar-refractivity contribution is 4.93. The van der Waals surface area contributed by atoms with Gasteiger partial charge in [-0.25, -0.2) is 0 Å². The molecule has 5 unspecified atom stereocenters. The minimum atomic E-state index is -1.74. The molecule has 2 rings (SSSR count). The molecule has 2 aliphatic heterocycles. The Morgan fingerprint density at radius 2 is 1.26 bits per heavy atom. The van der Waals surface area contributed by atoms with Gasteiger partial charge in [0.05, 0.1) is 13.2 Å². The van der Waals surface area contributed by atoms with Crippen LogP contribution < -0.4 is 0 Å². The summed E-state index contributed by atoms with van der Waals surface area (Å²) in [5.41, 5.74) is 0. The molecule has 11 nitrogen and oxygen atoms in total. The molecule has 0 aliphatic carbocycles. The Hall–Kier alpha value is -0.440. The molecule has 11 heteroatoms. The molecule has 10 atom stereocenters. The summed E-state index contributed by atoms with van der Waals surface area (Å²) in [6.45, 7) is -1.35. The molecule has 2 aliphatic rings. The van der Waals surface area contributed by atoms with Crippen molar-refractivity contribution in [1.29, 1.82) is 0 Å². The van der Waals surface area contributed by atoms with Crippen LogP contribution in [0.1, 0.15) is 0 Å². The van der Waals surface area contributed by atoms with Crippen molar-refractivity contribution in [2.24, 2.45) is 0 Å². The molecule has 0 aromatic rings. The number of aliphatic hydroxyl groups excluding tert-OH is 8. The number of ether oxygens (including phenoxy) is 3. The zero-order chi connectivity index (χ0) is 17.3. The van der Waals surface area contributed by atoms with Gasteiger partial charge in [0.2, 0.25) is 0 Å². The quantitative estimate of drug-likeness (QED) is 0.243. The van der Waals surface area contributed by atoms with E-state index in [9.17, 15) is 35.7 Å². The summed E-state index contributed by atoms with van der Waals surface area (Å²) in [5.74, 6) is 0. The van der Waals surface area contributed by atoms with Crippen LogP contribution in [0.2, 0.25) is 0 Å². The minimum absolute atomic E-state index is 0.667. The molecule has 136 valence electrons. The molecular formula is C12H22O11. The molecule has 0 radical (unpaired) electrons. The second-order valence-electron chi connectivity index (χ2n) is 5.53. The molecule has 0 aromatic heterocycles. The Labute approximate surface area is 130 Å². The topological polar surface area (TPSA) is 190 Å². The van der Waals surface area contributed by atoms with Gasteiger partial charge in [0, 0.05) is 0 Å². The number of hydrogen-bond acceptors (Lipinski definition) is 11. The lowest BCUT2D eigenvalue weighted by atomic mass is 9.97. The highest BCUT2D eigenvalue weighted by Gasteiger charge is 2.50. The number of hydrogen-bond donors (Lipinski definition) is 8. The molecule has 8 N–H and O–H groups in total. The van der Waals surface area contributed by atoms with Crippen molar-refractivity contribution >= 4 is 0 Å². The third-order valence-corrected chi connectivity index (χ3v) is 3.98. The van der Waals surface area contributed by atoms with E-state index in [1.54, 1.807) is 0 Å². The van der Waals surface area contributed by atoms with E-state index in [4.69, 9.17) is 19.3 Å². The Kier molecular flexibility index (Phi) is 6.27. The van der Waals surface area contributed by atoms with Gasteiger partial charge in [-0.15, -0.1) is 0 Å². The molecule has 23 heavy (non-hydrogen) atoms. The fraction of sp³-hybridized carbons (Fsp3) is 1.00. The smallest absolute Gasteiger partial charge is 0.187 e. The normalized spacial score (nSPS) is 51.7. The molecule has 2 heterocycles. The maximum Gasteiger partial charge on any atom is 0.187 e. The van der Waals surface area contributed by atoms with E-state index in [1.807, 2.05) is 0 Å². The minimum Gasteiger partial charge on any atom is -0.394 e. The molecule has 0 saturated carbocycles. The van der Waals surface area contributed by atoms with Crippen LogP contribution in [0.5, 0.6) is 0 Å². The Morgan fingerprint density at radius 3 is 1.83 bits per heavy atom. The van der Waals surface area contributed by atoms with Crippen LogP contribution in [0.25, 0.3) is 0 Å². The zero-order valence-electron chi connectivity index (χ0n) is 12.0. The summed E-state index contributed by atoms with van der Waals surface area (Å²) < 4.78 is 15.3. The summed E-state index contributed by atoms with van der Waals surface area (Å²) >= 11 is 0. The van der Waals surface area contributed by atoms with Crippen molar-refractivity contribution in [1.82, 2.24) is 0 Å². The summed E-state index contributed by atoms with van der Waals surface area (Å²) in [6.07, 6.45) is -15.6. The second-order valence-corrected chi connectivity index (χ2v) is 5.53. The largest absolute Gasteiger partial charge is 0.394 e. The van der Waals surface area contributed by atoms with Crippen molar-refractivity contribution < 1.29 is 55.1 Å². The average Bonchev–Trinajstić information content (AvgIpc) is 2.55. The molecular weight excluding hydrogens is 320 g/mol. The molecule has 0 aromatic carbocycles. The second kappa shape index (κ2) is 7.63. The van der Waals surface area contributed by atoms with E-state index in [1.165, 1.54) is 0 Å². The summed E-state index contributed by atoms with van der Waals surface area (Å²) in [4.78, 5) is 0. The van der Waals surface area contributed by atoms with Gasteiger partial charge in [-0.1, -0.05) is 0 Å². The van der Waals surface area contributed by atoms with Crippen LogP contribution in [-0.2, 0) is 14.2 Å². The summed E-state index contributed by atoms with van der Waals surface area (Å²) in [7, 11) is 0.